The van der Waals surface area contributed by atoms with Crippen LogP contribution in [0.3, 0.4) is 0 Å². The number of anilines is 1. The topological polar surface area (TPSA) is 124 Å². The minimum Gasteiger partial charge on any atom is -0.481 e. The molecule has 1 unspecified atom stereocenters. The highest BCUT2D eigenvalue weighted by Gasteiger charge is 2.17. The van der Waals surface area contributed by atoms with Gasteiger partial charge in [-0.05, 0) is 62.2 Å². The maximum atomic E-state index is 12.5. The molecule has 37 heavy (non-hydrogen) atoms. The molecule has 0 saturated heterocycles. The third-order valence-electron chi connectivity index (χ3n) is 5.37. The van der Waals surface area contributed by atoms with Crippen molar-refractivity contribution in [2.24, 2.45) is 7.05 Å². The molecule has 0 bridgehead atoms. The first-order valence-electron chi connectivity index (χ1n) is 11.9. The largest absolute Gasteiger partial charge is 0.481 e. The van der Waals surface area contributed by atoms with Crippen molar-refractivity contribution in [1.29, 1.82) is 0 Å². The molecule has 0 fully saturated rings. The summed E-state index contributed by atoms with van der Waals surface area (Å²) in [6.45, 7) is 5.97. The molecule has 1 heterocycles. The molecule has 2 N–H and O–H groups in total. The summed E-state index contributed by atoms with van der Waals surface area (Å²) in [5.74, 6) is 0.374. The van der Waals surface area contributed by atoms with Crippen LogP contribution in [0.2, 0.25) is 0 Å². The van der Waals surface area contributed by atoms with E-state index in [1.165, 1.54) is 17.3 Å². The van der Waals surface area contributed by atoms with E-state index in [4.69, 9.17) is 9.47 Å². The minimum absolute atomic E-state index is 0.111. The van der Waals surface area contributed by atoms with Gasteiger partial charge in [0, 0.05) is 12.7 Å². The van der Waals surface area contributed by atoms with Crippen LogP contribution in [0.5, 0.6) is 5.75 Å². The van der Waals surface area contributed by atoms with Gasteiger partial charge in [0.1, 0.15) is 5.75 Å². The van der Waals surface area contributed by atoms with Crippen LogP contribution in [-0.4, -0.2) is 51.0 Å². The number of hydrogen-bond acceptors (Lipinski definition) is 8. The number of carbonyl (C=O) groups excluding carboxylic acids is 3. The number of aromatic nitrogens is 3. The quantitative estimate of drug-likeness (QED) is 0.272. The summed E-state index contributed by atoms with van der Waals surface area (Å²) >= 11 is 1.22. The smallest absolute Gasteiger partial charge is 0.338 e. The predicted octanol–water partition coefficient (Wildman–Crippen LogP) is 3.37. The molecule has 0 aliphatic heterocycles. The normalized spacial score (nSPS) is 11.5. The van der Waals surface area contributed by atoms with E-state index < -0.39 is 12.1 Å². The van der Waals surface area contributed by atoms with E-state index >= 15 is 0 Å². The van der Waals surface area contributed by atoms with Crippen molar-refractivity contribution in [2.45, 2.75) is 45.0 Å². The molecule has 2 amide bonds. The van der Waals surface area contributed by atoms with Gasteiger partial charge in [-0.1, -0.05) is 30.8 Å². The number of benzene rings is 2. The van der Waals surface area contributed by atoms with Crippen LogP contribution in [0.4, 0.5) is 5.69 Å². The Balaban J connectivity index is 1.45. The van der Waals surface area contributed by atoms with Crippen molar-refractivity contribution in [2.75, 3.05) is 17.7 Å². The Bertz CT molecular complexity index is 1210. The van der Waals surface area contributed by atoms with Crippen LogP contribution in [0, 0.1) is 0 Å². The Morgan fingerprint density at radius 1 is 1.03 bits per heavy atom. The van der Waals surface area contributed by atoms with Gasteiger partial charge in [0.05, 0.1) is 24.5 Å². The molecule has 0 saturated carbocycles. The number of nitrogens with zero attached hydrogens (tertiary/aromatic N) is 3. The fourth-order valence-corrected chi connectivity index (χ4v) is 3.96. The standard InChI is InChI=1S/C26H31N5O5S/c1-5-18-7-13-21(14-8-18)36-17(3)24(33)27-15-22-29-30-26(31(22)4)37-16-23(32)28-20-11-9-19(10-12-20)25(34)35-6-2/h7-14,17H,5-6,15-16H2,1-4H3,(H,27,33)(H,28,32). The maximum Gasteiger partial charge on any atom is 0.338 e. The second-order valence-electron chi connectivity index (χ2n) is 8.07. The van der Waals surface area contributed by atoms with Crippen LogP contribution in [0.25, 0.3) is 0 Å². The van der Waals surface area contributed by atoms with E-state index in [1.54, 1.807) is 49.7 Å². The summed E-state index contributed by atoms with van der Waals surface area (Å²) in [6, 6.07) is 14.1. The first kappa shape index (κ1) is 27.7. The lowest BCUT2D eigenvalue weighted by Gasteiger charge is -2.15. The molecule has 3 rings (SSSR count). The summed E-state index contributed by atoms with van der Waals surface area (Å²) in [5.41, 5.74) is 2.18. The van der Waals surface area contributed by atoms with Crippen LogP contribution in [-0.2, 0) is 34.3 Å². The molecule has 1 atom stereocenters. The van der Waals surface area contributed by atoms with Crippen molar-refractivity contribution in [1.82, 2.24) is 20.1 Å². The number of nitrogens with one attached hydrogen (secondary N) is 2. The van der Waals surface area contributed by atoms with Crippen molar-refractivity contribution < 1.29 is 23.9 Å². The van der Waals surface area contributed by atoms with Crippen molar-refractivity contribution in [3.8, 4) is 5.75 Å². The Kier molecular flexibility index (Phi) is 10.1. The van der Waals surface area contributed by atoms with Crippen LogP contribution < -0.4 is 15.4 Å². The molecule has 0 radical (unpaired) electrons. The molecule has 2 aromatic carbocycles. The zero-order valence-electron chi connectivity index (χ0n) is 21.3. The third-order valence-corrected chi connectivity index (χ3v) is 6.39. The molecular formula is C26H31N5O5S. The SMILES string of the molecule is CCOC(=O)c1ccc(NC(=O)CSc2nnc(CNC(=O)C(C)Oc3ccc(CC)cc3)n2C)cc1. The van der Waals surface area contributed by atoms with E-state index in [2.05, 4.69) is 27.8 Å². The highest BCUT2D eigenvalue weighted by Crippen LogP contribution is 2.18. The van der Waals surface area contributed by atoms with Gasteiger partial charge in [-0.25, -0.2) is 4.79 Å². The summed E-state index contributed by atoms with van der Waals surface area (Å²) in [6.07, 6.45) is 0.260. The number of esters is 1. The third kappa shape index (κ3) is 8.07. The molecular weight excluding hydrogens is 494 g/mol. The Labute approximate surface area is 220 Å². The number of hydrogen-bond donors (Lipinski definition) is 2. The lowest BCUT2D eigenvalue weighted by Crippen LogP contribution is -2.36. The van der Waals surface area contributed by atoms with Gasteiger partial charge in [-0.15, -0.1) is 10.2 Å². The van der Waals surface area contributed by atoms with Crippen LogP contribution >= 0.6 is 11.8 Å². The average Bonchev–Trinajstić information content (AvgIpc) is 3.26. The van der Waals surface area contributed by atoms with E-state index in [9.17, 15) is 14.4 Å². The van der Waals surface area contributed by atoms with E-state index in [-0.39, 0.29) is 24.1 Å². The van der Waals surface area contributed by atoms with Crippen molar-refractivity contribution >= 4 is 35.2 Å². The van der Waals surface area contributed by atoms with E-state index in [0.717, 1.165) is 6.42 Å². The number of ether oxygens (including phenoxy) is 2. The number of rotatable bonds is 12. The molecule has 10 nitrogen and oxygen atoms in total. The fourth-order valence-electron chi connectivity index (χ4n) is 3.23. The first-order valence-corrected chi connectivity index (χ1v) is 12.9. The zero-order valence-corrected chi connectivity index (χ0v) is 22.1. The predicted molar refractivity (Wildman–Crippen MR) is 141 cm³/mol. The molecule has 196 valence electrons. The molecule has 11 heteroatoms. The van der Waals surface area contributed by atoms with Gasteiger partial charge < -0.3 is 24.7 Å². The second kappa shape index (κ2) is 13.4. The molecule has 0 aliphatic rings. The highest BCUT2D eigenvalue weighted by atomic mass is 32.2. The first-order chi connectivity index (χ1) is 17.8. The number of carbonyl (C=O) groups is 3. The van der Waals surface area contributed by atoms with Gasteiger partial charge >= 0.3 is 5.97 Å². The number of amides is 2. The number of thioether (sulfide) groups is 1. The van der Waals surface area contributed by atoms with Crippen LogP contribution in [0.15, 0.2) is 53.7 Å². The number of aryl methyl sites for hydroxylation is 1. The minimum atomic E-state index is -0.676. The molecule has 1 aromatic heterocycles. The summed E-state index contributed by atoms with van der Waals surface area (Å²) < 4.78 is 12.4. The fraction of sp³-hybridized carbons (Fsp3) is 0.346. The molecule has 3 aromatic rings. The second-order valence-corrected chi connectivity index (χ2v) is 9.01. The zero-order chi connectivity index (χ0) is 26.8. The monoisotopic (exact) mass is 525 g/mol. The Morgan fingerprint density at radius 2 is 1.73 bits per heavy atom. The van der Waals surface area contributed by atoms with Crippen molar-refractivity contribution in [3.63, 3.8) is 0 Å². The average molecular weight is 526 g/mol. The van der Waals surface area contributed by atoms with Crippen molar-refractivity contribution in [3.05, 3.63) is 65.5 Å². The highest BCUT2D eigenvalue weighted by molar-refractivity contribution is 7.99. The van der Waals surface area contributed by atoms with Crippen LogP contribution in [0.1, 0.15) is 42.5 Å². The van der Waals surface area contributed by atoms with Gasteiger partial charge in [-0.3, -0.25) is 9.59 Å². The molecule has 0 aliphatic carbocycles. The maximum absolute atomic E-state index is 12.5. The Hall–Kier alpha value is -3.86. The summed E-state index contributed by atoms with van der Waals surface area (Å²) in [5, 5.41) is 14.3. The van der Waals surface area contributed by atoms with Gasteiger partial charge in [-0.2, -0.15) is 0 Å². The Morgan fingerprint density at radius 3 is 2.38 bits per heavy atom. The van der Waals surface area contributed by atoms with E-state index in [1.807, 2.05) is 24.3 Å². The van der Waals surface area contributed by atoms with E-state index in [0.29, 0.717) is 34.6 Å². The summed E-state index contributed by atoms with van der Waals surface area (Å²) in [4.78, 5) is 36.5. The summed E-state index contributed by atoms with van der Waals surface area (Å²) in [7, 11) is 1.77. The lowest BCUT2D eigenvalue weighted by atomic mass is 10.2. The van der Waals surface area contributed by atoms with Gasteiger partial charge in [0.25, 0.3) is 5.91 Å². The van der Waals surface area contributed by atoms with Gasteiger partial charge in [0.2, 0.25) is 5.91 Å². The lowest BCUT2D eigenvalue weighted by molar-refractivity contribution is -0.127. The molecule has 0 spiro atoms. The van der Waals surface area contributed by atoms with Gasteiger partial charge in [0.15, 0.2) is 17.1 Å².